The number of rotatable bonds is 8. The molecule has 0 bridgehead atoms. The number of aliphatic carboxylic acids is 1. The van der Waals surface area contributed by atoms with E-state index in [1.54, 1.807) is 12.5 Å². The molecule has 0 aliphatic carbocycles. The first-order valence-corrected chi connectivity index (χ1v) is 8.94. The monoisotopic (exact) mass is 362 g/mol. The number of ether oxygens (including phenoxy) is 1. The minimum atomic E-state index is -1.02. The molecule has 1 amide bonds. The van der Waals surface area contributed by atoms with Crippen LogP contribution in [0, 0.1) is 5.92 Å². The number of para-hydroxylation sites is 1. The van der Waals surface area contributed by atoms with Crippen molar-refractivity contribution in [1.82, 2.24) is 10.3 Å². The van der Waals surface area contributed by atoms with Gasteiger partial charge in [-0.05, 0) is 18.1 Å². The minimum absolute atomic E-state index is 0.0475. The second kappa shape index (κ2) is 8.62. The van der Waals surface area contributed by atoms with Gasteiger partial charge < -0.3 is 15.2 Å². The normalized spacial score (nSPS) is 13.1. The molecule has 25 heavy (non-hydrogen) atoms. The number of carbonyl (C=O) groups is 2. The lowest BCUT2D eigenvalue weighted by molar-refractivity contribution is -0.143. The molecule has 6 nitrogen and oxygen atoms in total. The van der Waals surface area contributed by atoms with Crippen molar-refractivity contribution in [2.24, 2.45) is 5.92 Å². The van der Waals surface area contributed by atoms with Crippen molar-refractivity contribution < 1.29 is 19.4 Å². The Kier molecular flexibility index (Phi) is 6.52. The van der Waals surface area contributed by atoms with Gasteiger partial charge in [0.05, 0.1) is 24.8 Å². The Morgan fingerprint density at radius 3 is 2.72 bits per heavy atom. The summed E-state index contributed by atoms with van der Waals surface area (Å²) in [5.74, 6) is -0.781. The molecular weight excluding hydrogens is 340 g/mol. The summed E-state index contributed by atoms with van der Waals surface area (Å²) in [6.07, 6.45) is 0.720. The fourth-order valence-corrected chi connectivity index (χ4v) is 3.25. The van der Waals surface area contributed by atoms with Crippen molar-refractivity contribution >= 4 is 23.2 Å². The fourth-order valence-electron chi connectivity index (χ4n) is 2.41. The molecule has 2 atom stereocenters. The highest BCUT2D eigenvalue weighted by molar-refractivity contribution is 7.13. The Hall–Kier alpha value is -2.41. The first-order valence-electron chi connectivity index (χ1n) is 8.06. The van der Waals surface area contributed by atoms with Gasteiger partial charge in [-0.25, -0.2) is 9.78 Å². The summed E-state index contributed by atoms with van der Waals surface area (Å²) >= 11 is 1.42. The van der Waals surface area contributed by atoms with Crippen molar-refractivity contribution in [3.05, 3.63) is 35.3 Å². The Bertz CT molecular complexity index is 744. The molecule has 134 valence electrons. The average molecular weight is 362 g/mol. The summed E-state index contributed by atoms with van der Waals surface area (Å²) in [5.41, 5.74) is 1.47. The van der Waals surface area contributed by atoms with Crippen LogP contribution in [-0.4, -0.2) is 35.1 Å². The van der Waals surface area contributed by atoms with Gasteiger partial charge in [0.1, 0.15) is 16.8 Å². The van der Waals surface area contributed by atoms with Crippen molar-refractivity contribution in [2.45, 2.75) is 32.7 Å². The van der Waals surface area contributed by atoms with Gasteiger partial charge in [-0.2, -0.15) is 0 Å². The molecular formula is C18H22N2O4S. The number of thiazole rings is 1. The van der Waals surface area contributed by atoms with E-state index in [0.29, 0.717) is 12.1 Å². The zero-order chi connectivity index (χ0) is 18.4. The number of carboxylic acids is 1. The van der Waals surface area contributed by atoms with Gasteiger partial charge >= 0.3 is 5.97 Å². The number of amides is 1. The fraction of sp³-hybridized carbons (Fsp3) is 0.389. The lowest BCUT2D eigenvalue weighted by Crippen LogP contribution is -2.45. The molecule has 2 N–H and O–H groups in total. The summed E-state index contributed by atoms with van der Waals surface area (Å²) < 4.78 is 5.33. The lowest BCUT2D eigenvalue weighted by atomic mass is 9.99. The average Bonchev–Trinajstić information content (AvgIpc) is 3.06. The molecule has 0 unspecified atom stereocenters. The van der Waals surface area contributed by atoms with Gasteiger partial charge in [0.15, 0.2) is 0 Å². The molecule has 0 saturated heterocycles. The summed E-state index contributed by atoms with van der Waals surface area (Å²) in [6, 6.07) is 6.66. The molecule has 1 aromatic heterocycles. The smallest absolute Gasteiger partial charge is 0.326 e. The van der Waals surface area contributed by atoms with Crippen LogP contribution in [0.4, 0.5) is 0 Å². The van der Waals surface area contributed by atoms with E-state index < -0.39 is 12.0 Å². The molecule has 0 aliphatic rings. The van der Waals surface area contributed by atoms with E-state index in [-0.39, 0.29) is 18.2 Å². The van der Waals surface area contributed by atoms with Crippen LogP contribution in [-0.2, 0) is 16.0 Å². The second-order valence-corrected chi connectivity index (χ2v) is 6.65. The number of benzene rings is 1. The first kappa shape index (κ1) is 18.9. The maximum absolute atomic E-state index is 12.2. The summed E-state index contributed by atoms with van der Waals surface area (Å²) in [6.45, 7) is 3.70. The predicted molar refractivity (Wildman–Crippen MR) is 96.8 cm³/mol. The predicted octanol–water partition coefficient (Wildman–Crippen LogP) is 2.98. The molecule has 1 aromatic carbocycles. The van der Waals surface area contributed by atoms with Crippen molar-refractivity contribution in [2.75, 3.05) is 7.11 Å². The second-order valence-electron chi connectivity index (χ2n) is 5.79. The van der Waals surface area contributed by atoms with Crippen LogP contribution in [0.15, 0.2) is 29.6 Å². The first-order chi connectivity index (χ1) is 12.0. The zero-order valence-electron chi connectivity index (χ0n) is 14.5. The van der Waals surface area contributed by atoms with E-state index in [4.69, 9.17) is 4.74 Å². The summed E-state index contributed by atoms with van der Waals surface area (Å²) in [5, 5.41) is 14.4. The maximum Gasteiger partial charge on any atom is 0.326 e. The molecule has 7 heteroatoms. The van der Waals surface area contributed by atoms with Gasteiger partial charge in [-0.1, -0.05) is 32.4 Å². The molecule has 2 aromatic rings. The Morgan fingerprint density at radius 1 is 1.36 bits per heavy atom. The molecule has 0 radical (unpaired) electrons. The topological polar surface area (TPSA) is 88.5 Å². The number of hydrogen-bond donors (Lipinski definition) is 2. The van der Waals surface area contributed by atoms with Gasteiger partial charge in [-0.3, -0.25) is 4.79 Å². The highest BCUT2D eigenvalue weighted by atomic mass is 32.1. The van der Waals surface area contributed by atoms with E-state index in [1.165, 1.54) is 11.3 Å². The van der Waals surface area contributed by atoms with Crippen LogP contribution in [0.3, 0.4) is 0 Å². The minimum Gasteiger partial charge on any atom is -0.496 e. The van der Waals surface area contributed by atoms with E-state index in [1.807, 2.05) is 38.1 Å². The largest absolute Gasteiger partial charge is 0.496 e. The van der Waals surface area contributed by atoms with Gasteiger partial charge in [-0.15, -0.1) is 11.3 Å². The Labute approximate surface area is 150 Å². The van der Waals surface area contributed by atoms with Crippen molar-refractivity contribution in [3.8, 4) is 16.3 Å². The van der Waals surface area contributed by atoms with Crippen LogP contribution in [0.1, 0.15) is 26.0 Å². The highest BCUT2D eigenvalue weighted by Gasteiger charge is 2.25. The summed E-state index contributed by atoms with van der Waals surface area (Å²) in [4.78, 5) is 28.0. The third kappa shape index (κ3) is 4.79. The molecule has 0 aliphatic heterocycles. The standard InChI is InChI=1S/C18H22N2O4S/c1-4-11(2)16(18(22)23)20-15(21)9-12-10-25-17(19-12)13-7-5-6-8-14(13)24-3/h5-8,10-11,16H,4,9H2,1-3H3,(H,20,21)(H,22,23)/t11-,16+/m1/s1. The van der Waals surface area contributed by atoms with Gasteiger partial charge in [0.2, 0.25) is 5.91 Å². The van der Waals surface area contributed by atoms with Crippen LogP contribution in [0.2, 0.25) is 0 Å². The van der Waals surface area contributed by atoms with E-state index in [2.05, 4.69) is 10.3 Å². The number of methoxy groups -OCH3 is 1. The van der Waals surface area contributed by atoms with Gasteiger partial charge in [0.25, 0.3) is 0 Å². The number of nitrogens with zero attached hydrogens (tertiary/aromatic N) is 1. The SMILES string of the molecule is CC[C@@H](C)[C@H](NC(=O)Cc1csc(-c2ccccc2OC)n1)C(=O)O. The number of carbonyl (C=O) groups excluding carboxylic acids is 1. The van der Waals surface area contributed by atoms with Gasteiger partial charge in [0, 0.05) is 5.38 Å². The molecule has 0 saturated carbocycles. The van der Waals surface area contributed by atoms with E-state index in [9.17, 15) is 14.7 Å². The van der Waals surface area contributed by atoms with Crippen LogP contribution >= 0.6 is 11.3 Å². The van der Waals surface area contributed by atoms with Crippen LogP contribution < -0.4 is 10.1 Å². The number of carboxylic acid groups (broad SMARTS) is 1. The summed E-state index contributed by atoms with van der Waals surface area (Å²) in [7, 11) is 1.60. The Morgan fingerprint density at radius 2 is 2.08 bits per heavy atom. The number of hydrogen-bond acceptors (Lipinski definition) is 5. The third-order valence-electron chi connectivity index (χ3n) is 4.03. The molecule has 0 spiro atoms. The number of aromatic nitrogens is 1. The van der Waals surface area contributed by atoms with Crippen molar-refractivity contribution in [3.63, 3.8) is 0 Å². The van der Waals surface area contributed by atoms with E-state index >= 15 is 0 Å². The third-order valence-corrected chi connectivity index (χ3v) is 4.95. The highest BCUT2D eigenvalue weighted by Crippen LogP contribution is 2.31. The lowest BCUT2D eigenvalue weighted by Gasteiger charge is -2.19. The maximum atomic E-state index is 12.2. The molecule has 2 rings (SSSR count). The zero-order valence-corrected chi connectivity index (χ0v) is 15.3. The van der Waals surface area contributed by atoms with E-state index in [0.717, 1.165) is 16.3 Å². The Balaban J connectivity index is 2.08. The van der Waals surface area contributed by atoms with Crippen LogP contribution in [0.25, 0.3) is 10.6 Å². The van der Waals surface area contributed by atoms with Crippen LogP contribution in [0.5, 0.6) is 5.75 Å². The van der Waals surface area contributed by atoms with Crippen molar-refractivity contribution in [1.29, 1.82) is 0 Å². The molecule has 1 heterocycles. The molecule has 0 fully saturated rings. The number of nitrogens with one attached hydrogen (secondary N) is 1. The quantitative estimate of drug-likeness (QED) is 0.754.